The maximum atomic E-state index is 12.0. The molecule has 1 aromatic heterocycles. The normalized spacial score (nSPS) is 11.2. The molecule has 2 rings (SSSR count). The molecular formula is C17H19NO4. The summed E-state index contributed by atoms with van der Waals surface area (Å²) in [6.45, 7) is 5.41. The largest absolute Gasteiger partial charge is 0.481 e. The van der Waals surface area contributed by atoms with Crippen molar-refractivity contribution in [2.24, 2.45) is 0 Å². The highest BCUT2D eigenvalue weighted by Crippen LogP contribution is 2.24. The molecule has 0 bridgehead atoms. The minimum absolute atomic E-state index is 0.0725. The van der Waals surface area contributed by atoms with Gasteiger partial charge in [-0.2, -0.15) is 0 Å². The molecule has 0 saturated heterocycles. The van der Waals surface area contributed by atoms with Gasteiger partial charge in [0.2, 0.25) is 0 Å². The number of carbonyl (C=O) groups excluding carboxylic acids is 1. The van der Waals surface area contributed by atoms with Crippen LogP contribution in [0.4, 0.5) is 0 Å². The summed E-state index contributed by atoms with van der Waals surface area (Å²) >= 11 is 0. The lowest BCUT2D eigenvalue weighted by Gasteiger charge is -2.18. The average molecular weight is 301 g/mol. The molecule has 0 unspecified atom stereocenters. The van der Waals surface area contributed by atoms with E-state index in [0.717, 1.165) is 5.56 Å². The van der Waals surface area contributed by atoms with Crippen molar-refractivity contribution in [2.75, 3.05) is 0 Å². The molecule has 0 aliphatic rings. The predicted octanol–water partition coefficient (Wildman–Crippen LogP) is 3.26. The molecule has 116 valence electrons. The Balaban J connectivity index is 2.29. The predicted molar refractivity (Wildman–Crippen MR) is 82.7 cm³/mol. The second-order valence-corrected chi connectivity index (χ2v) is 6.02. The third-order valence-electron chi connectivity index (χ3n) is 2.95. The maximum absolute atomic E-state index is 12.0. The molecule has 2 N–H and O–H groups in total. The van der Waals surface area contributed by atoms with Gasteiger partial charge in [-0.05, 0) is 38.5 Å². The quantitative estimate of drug-likeness (QED) is 0.849. The van der Waals surface area contributed by atoms with Crippen LogP contribution in [0.5, 0.6) is 0 Å². The summed E-state index contributed by atoms with van der Waals surface area (Å²) in [6, 6.07) is 10.6. The van der Waals surface area contributed by atoms with Crippen molar-refractivity contribution in [1.82, 2.24) is 4.98 Å². The van der Waals surface area contributed by atoms with Crippen LogP contribution in [0.1, 0.15) is 36.8 Å². The Hall–Kier alpha value is -2.56. The number of carbonyl (C=O) groups is 2. The number of H-pyrrole nitrogens is 1. The number of esters is 1. The van der Waals surface area contributed by atoms with Crippen LogP contribution in [0.3, 0.4) is 0 Å². The summed E-state index contributed by atoms with van der Waals surface area (Å²) in [5.74, 6) is -1.33. The van der Waals surface area contributed by atoms with Crippen molar-refractivity contribution >= 4 is 11.9 Å². The number of aliphatic carboxylic acids is 1. The number of hydrogen-bond acceptors (Lipinski definition) is 3. The second-order valence-electron chi connectivity index (χ2n) is 6.02. The number of aromatic nitrogens is 1. The summed E-state index contributed by atoms with van der Waals surface area (Å²) in [4.78, 5) is 26.0. The molecule has 0 spiro atoms. The minimum Gasteiger partial charge on any atom is -0.481 e. The number of benzene rings is 1. The zero-order valence-electron chi connectivity index (χ0n) is 12.8. The molecule has 2 aromatic rings. The molecule has 5 nitrogen and oxygen atoms in total. The van der Waals surface area contributed by atoms with Crippen LogP contribution in [0.25, 0.3) is 11.3 Å². The molecule has 0 saturated carbocycles. The van der Waals surface area contributed by atoms with E-state index >= 15 is 0 Å². The van der Waals surface area contributed by atoms with Crippen LogP contribution in [-0.2, 0) is 16.0 Å². The Kier molecular flexibility index (Phi) is 4.35. The highest BCUT2D eigenvalue weighted by atomic mass is 16.6. The topological polar surface area (TPSA) is 79.4 Å². The van der Waals surface area contributed by atoms with E-state index < -0.39 is 17.5 Å². The lowest BCUT2D eigenvalue weighted by Crippen LogP contribution is -2.24. The molecule has 1 heterocycles. The van der Waals surface area contributed by atoms with Gasteiger partial charge in [0.15, 0.2) is 0 Å². The van der Waals surface area contributed by atoms with Gasteiger partial charge in [-0.1, -0.05) is 24.3 Å². The molecule has 0 fully saturated rings. The molecule has 0 aliphatic heterocycles. The molecule has 5 heteroatoms. The first-order valence-corrected chi connectivity index (χ1v) is 6.99. The summed E-state index contributed by atoms with van der Waals surface area (Å²) in [7, 11) is 0. The van der Waals surface area contributed by atoms with Gasteiger partial charge in [0.1, 0.15) is 11.3 Å². The fourth-order valence-corrected chi connectivity index (χ4v) is 2.10. The van der Waals surface area contributed by atoms with Crippen molar-refractivity contribution < 1.29 is 19.4 Å². The van der Waals surface area contributed by atoms with Crippen LogP contribution in [0.2, 0.25) is 0 Å². The van der Waals surface area contributed by atoms with E-state index in [1.807, 2.05) is 12.1 Å². The van der Waals surface area contributed by atoms with Gasteiger partial charge < -0.3 is 14.8 Å². The fourth-order valence-electron chi connectivity index (χ4n) is 2.10. The zero-order valence-corrected chi connectivity index (χ0v) is 12.8. The van der Waals surface area contributed by atoms with E-state index in [1.165, 1.54) is 0 Å². The van der Waals surface area contributed by atoms with E-state index in [9.17, 15) is 9.59 Å². The Bertz CT molecular complexity index is 695. The highest BCUT2D eigenvalue weighted by molar-refractivity contribution is 5.89. The monoisotopic (exact) mass is 301 g/mol. The summed E-state index contributed by atoms with van der Waals surface area (Å²) in [5.41, 5.74) is 1.92. The highest BCUT2D eigenvalue weighted by Gasteiger charge is 2.19. The Labute approximate surface area is 128 Å². The van der Waals surface area contributed by atoms with Crippen molar-refractivity contribution in [2.45, 2.75) is 32.8 Å². The van der Waals surface area contributed by atoms with Crippen molar-refractivity contribution in [3.05, 3.63) is 47.7 Å². The molecule has 0 radical (unpaired) electrons. The van der Waals surface area contributed by atoms with Gasteiger partial charge in [0.25, 0.3) is 0 Å². The molecule has 0 amide bonds. The standard InChI is InChI=1S/C17H19NO4/c1-17(2,3)22-16(21)14-9-8-13(18-14)12-7-5-4-6-11(12)10-15(19)20/h4-9,18H,10H2,1-3H3,(H,19,20). The summed E-state index contributed by atoms with van der Waals surface area (Å²) < 4.78 is 5.30. The summed E-state index contributed by atoms with van der Waals surface area (Å²) in [5, 5.41) is 8.97. The smallest absolute Gasteiger partial charge is 0.355 e. The Morgan fingerprint density at radius 3 is 2.45 bits per heavy atom. The maximum Gasteiger partial charge on any atom is 0.355 e. The SMILES string of the molecule is CC(C)(C)OC(=O)c1ccc(-c2ccccc2CC(=O)O)[nH]1. The van der Waals surface area contributed by atoms with Gasteiger partial charge in [0.05, 0.1) is 6.42 Å². The first kappa shape index (κ1) is 15.8. The van der Waals surface area contributed by atoms with E-state index in [4.69, 9.17) is 9.84 Å². The third-order valence-corrected chi connectivity index (χ3v) is 2.95. The number of carboxylic acid groups (broad SMARTS) is 1. The lowest BCUT2D eigenvalue weighted by molar-refractivity contribution is -0.136. The first-order valence-electron chi connectivity index (χ1n) is 6.99. The van der Waals surface area contributed by atoms with Crippen LogP contribution in [0.15, 0.2) is 36.4 Å². The molecule has 1 aromatic carbocycles. The molecular weight excluding hydrogens is 282 g/mol. The van der Waals surface area contributed by atoms with Gasteiger partial charge in [-0.3, -0.25) is 4.79 Å². The van der Waals surface area contributed by atoms with E-state index in [2.05, 4.69) is 4.98 Å². The number of hydrogen-bond donors (Lipinski definition) is 2. The molecule has 0 atom stereocenters. The number of ether oxygens (including phenoxy) is 1. The Morgan fingerprint density at radius 2 is 1.82 bits per heavy atom. The van der Waals surface area contributed by atoms with Crippen LogP contribution >= 0.6 is 0 Å². The fraction of sp³-hybridized carbons (Fsp3) is 0.294. The summed E-state index contributed by atoms with van der Waals surface area (Å²) in [6.07, 6.45) is -0.0725. The van der Waals surface area contributed by atoms with Gasteiger partial charge in [-0.25, -0.2) is 4.79 Å². The second kappa shape index (κ2) is 6.05. The van der Waals surface area contributed by atoms with Crippen LogP contribution < -0.4 is 0 Å². The van der Waals surface area contributed by atoms with E-state index in [1.54, 1.807) is 45.0 Å². The lowest BCUT2D eigenvalue weighted by atomic mass is 10.0. The van der Waals surface area contributed by atoms with Gasteiger partial charge in [0, 0.05) is 11.3 Å². The zero-order chi connectivity index (χ0) is 16.3. The van der Waals surface area contributed by atoms with Gasteiger partial charge in [-0.15, -0.1) is 0 Å². The number of nitrogens with one attached hydrogen (secondary N) is 1. The Morgan fingerprint density at radius 1 is 1.14 bits per heavy atom. The van der Waals surface area contributed by atoms with Crippen LogP contribution in [0, 0.1) is 0 Å². The van der Waals surface area contributed by atoms with Crippen molar-refractivity contribution in [1.29, 1.82) is 0 Å². The number of carboxylic acids is 1. The average Bonchev–Trinajstić information content (AvgIpc) is 2.86. The molecule has 0 aliphatic carbocycles. The third kappa shape index (κ3) is 3.97. The number of rotatable bonds is 4. The van der Waals surface area contributed by atoms with Gasteiger partial charge >= 0.3 is 11.9 Å². The minimum atomic E-state index is -0.897. The van der Waals surface area contributed by atoms with Crippen molar-refractivity contribution in [3.63, 3.8) is 0 Å². The van der Waals surface area contributed by atoms with Crippen LogP contribution in [-0.4, -0.2) is 27.6 Å². The first-order chi connectivity index (χ1) is 10.3. The number of aromatic amines is 1. The van der Waals surface area contributed by atoms with E-state index in [-0.39, 0.29) is 6.42 Å². The van der Waals surface area contributed by atoms with Crippen molar-refractivity contribution in [3.8, 4) is 11.3 Å². The molecule has 22 heavy (non-hydrogen) atoms. The van der Waals surface area contributed by atoms with E-state index in [0.29, 0.717) is 17.0 Å².